The van der Waals surface area contributed by atoms with Crippen molar-refractivity contribution in [2.75, 3.05) is 0 Å². The van der Waals surface area contributed by atoms with Crippen molar-refractivity contribution >= 4 is 24.2 Å². The highest BCUT2D eigenvalue weighted by molar-refractivity contribution is 7.80. The molecule has 0 saturated carbocycles. The summed E-state index contributed by atoms with van der Waals surface area (Å²) in [4.78, 5) is 17.3. The summed E-state index contributed by atoms with van der Waals surface area (Å²) in [5.41, 5.74) is -1.37. The third-order valence-electron chi connectivity index (χ3n) is 2.12. The molecule has 1 N–H and O–H groups in total. The number of nitrogens with zero attached hydrogens (tertiary/aromatic N) is 3. The Morgan fingerprint density at radius 3 is 2.63 bits per heavy atom. The maximum Gasteiger partial charge on any atom is 0.435 e. The van der Waals surface area contributed by atoms with Crippen molar-refractivity contribution in [2.24, 2.45) is 0 Å². The number of thiol groups is 1. The molecule has 0 atom stereocenters. The molecule has 5 nitrogen and oxygen atoms in total. The van der Waals surface area contributed by atoms with E-state index in [-0.39, 0.29) is 22.5 Å². The first-order valence-electron chi connectivity index (χ1n) is 4.85. The van der Waals surface area contributed by atoms with Gasteiger partial charge in [0.25, 0.3) is 5.56 Å². The largest absolute Gasteiger partial charge is 0.435 e. The molecule has 0 aliphatic rings. The maximum absolute atomic E-state index is 12.4. The van der Waals surface area contributed by atoms with Crippen LogP contribution in [0, 0.1) is 0 Å². The summed E-state index contributed by atoms with van der Waals surface area (Å²) >= 11 is 9.51. The lowest BCUT2D eigenvalue weighted by atomic mass is 10.4. The summed E-state index contributed by atoms with van der Waals surface area (Å²) in [6.45, 7) is -0.160. The van der Waals surface area contributed by atoms with Gasteiger partial charge in [0.05, 0.1) is 12.2 Å². The van der Waals surface area contributed by atoms with Crippen molar-refractivity contribution in [1.29, 1.82) is 0 Å². The fraction of sp³-hybridized carbons (Fsp3) is 0.222. The Kier molecular flexibility index (Phi) is 3.59. The van der Waals surface area contributed by atoms with Gasteiger partial charge in [0.2, 0.25) is 0 Å². The van der Waals surface area contributed by atoms with Crippen LogP contribution >= 0.6 is 24.2 Å². The van der Waals surface area contributed by atoms with E-state index in [2.05, 4.69) is 27.7 Å². The Morgan fingerprint density at radius 1 is 1.42 bits per heavy atom. The lowest BCUT2D eigenvalue weighted by Crippen LogP contribution is -2.13. The topological polar surface area (TPSA) is 63.6 Å². The van der Waals surface area contributed by atoms with Crippen LogP contribution in [-0.2, 0) is 12.7 Å². The Balaban J connectivity index is 2.33. The van der Waals surface area contributed by atoms with Crippen LogP contribution in [0.5, 0.6) is 0 Å². The van der Waals surface area contributed by atoms with Gasteiger partial charge < -0.3 is 4.98 Å². The smallest absolute Gasteiger partial charge is 0.302 e. The van der Waals surface area contributed by atoms with Crippen LogP contribution in [-0.4, -0.2) is 19.7 Å². The summed E-state index contributed by atoms with van der Waals surface area (Å²) < 4.78 is 38.2. The van der Waals surface area contributed by atoms with Gasteiger partial charge in [-0.1, -0.05) is 11.6 Å². The Labute approximate surface area is 114 Å². The molecule has 2 heterocycles. The van der Waals surface area contributed by atoms with E-state index in [1.165, 1.54) is 0 Å². The Bertz CT molecular complexity index is 666. The third kappa shape index (κ3) is 3.29. The molecule has 0 saturated heterocycles. The number of rotatable bonds is 2. The van der Waals surface area contributed by atoms with Gasteiger partial charge in [0, 0.05) is 12.1 Å². The number of halogens is 4. The lowest BCUT2D eigenvalue weighted by Gasteiger charge is -2.03. The molecular weight excluding hydrogens is 305 g/mol. The lowest BCUT2D eigenvalue weighted by molar-refractivity contribution is -0.141. The molecule has 0 bridgehead atoms. The minimum atomic E-state index is -4.58. The van der Waals surface area contributed by atoms with Crippen LogP contribution < -0.4 is 5.56 Å². The quantitative estimate of drug-likeness (QED) is 0.658. The number of hydrogen-bond donors (Lipinski definition) is 2. The highest BCUT2D eigenvalue weighted by atomic mass is 35.5. The molecular formula is C9H6ClF3N4OS. The van der Waals surface area contributed by atoms with Gasteiger partial charge in [-0.25, -0.2) is 9.67 Å². The normalized spacial score (nSPS) is 11.8. The number of hydrogen-bond acceptors (Lipinski definition) is 4. The number of H-pyrrole nitrogens is 1. The predicted molar refractivity (Wildman–Crippen MR) is 63.5 cm³/mol. The molecule has 10 heteroatoms. The van der Waals surface area contributed by atoms with Gasteiger partial charge in [-0.15, -0.1) is 12.6 Å². The van der Waals surface area contributed by atoms with E-state index in [1.54, 1.807) is 0 Å². The zero-order valence-electron chi connectivity index (χ0n) is 9.07. The van der Waals surface area contributed by atoms with Crippen molar-refractivity contribution in [3.05, 3.63) is 39.0 Å². The molecule has 0 spiro atoms. The standard InChI is InChI=1S/C9H6ClF3N4OS/c10-6-2-5(9(11,12)13)16-17(6)3-4-1-7(18)15-8(19)14-4/h1-2H,3H2,(H2,14,15,18,19). The highest BCUT2D eigenvalue weighted by Crippen LogP contribution is 2.29. The molecule has 2 aromatic heterocycles. The minimum absolute atomic E-state index is 0.0572. The van der Waals surface area contributed by atoms with Crippen molar-refractivity contribution in [3.63, 3.8) is 0 Å². The van der Waals surface area contributed by atoms with E-state index in [1.807, 2.05) is 0 Å². The van der Waals surface area contributed by atoms with E-state index < -0.39 is 17.4 Å². The van der Waals surface area contributed by atoms with E-state index in [4.69, 9.17) is 11.6 Å². The van der Waals surface area contributed by atoms with Crippen LogP contribution in [0.25, 0.3) is 0 Å². The molecule has 0 unspecified atom stereocenters. The van der Waals surface area contributed by atoms with E-state index in [0.717, 1.165) is 10.7 Å². The zero-order valence-corrected chi connectivity index (χ0v) is 10.7. The number of aromatic amines is 1. The average molecular weight is 311 g/mol. The van der Waals surface area contributed by atoms with Crippen LogP contribution in [0.1, 0.15) is 11.4 Å². The van der Waals surface area contributed by atoms with Crippen molar-refractivity contribution in [3.8, 4) is 0 Å². The van der Waals surface area contributed by atoms with Gasteiger partial charge in [-0.3, -0.25) is 4.79 Å². The Morgan fingerprint density at radius 2 is 2.11 bits per heavy atom. The summed E-state index contributed by atoms with van der Waals surface area (Å²) in [6.07, 6.45) is -4.58. The first kappa shape index (κ1) is 13.9. The molecule has 102 valence electrons. The zero-order chi connectivity index (χ0) is 14.2. The monoisotopic (exact) mass is 310 g/mol. The second kappa shape index (κ2) is 4.89. The van der Waals surface area contributed by atoms with Gasteiger partial charge in [0.15, 0.2) is 10.9 Å². The average Bonchev–Trinajstić information content (AvgIpc) is 2.58. The van der Waals surface area contributed by atoms with Gasteiger partial charge in [0.1, 0.15) is 5.15 Å². The van der Waals surface area contributed by atoms with Crippen molar-refractivity contribution in [2.45, 2.75) is 17.9 Å². The summed E-state index contributed by atoms with van der Waals surface area (Å²) in [5.74, 6) is 0. The fourth-order valence-corrected chi connectivity index (χ4v) is 1.81. The second-order valence-corrected chi connectivity index (χ2v) is 4.38. The molecule has 0 aliphatic carbocycles. The second-order valence-electron chi connectivity index (χ2n) is 3.57. The first-order valence-corrected chi connectivity index (χ1v) is 5.68. The van der Waals surface area contributed by atoms with E-state index in [0.29, 0.717) is 6.07 Å². The highest BCUT2D eigenvalue weighted by Gasteiger charge is 2.34. The van der Waals surface area contributed by atoms with Gasteiger partial charge in [-0.2, -0.15) is 18.3 Å². The summed E-state index contributed by atoms with van der Waals surface area (Å²) in [5, 5.41) is 3.18. The van der Waals surface area contributed by atoms with Crippen molar-refractivity contribution in [1.82, 2.24) is 19.7 Å². The summed E-state index contributed by atoms with van der Waals surface area (Å²) in [6, 6.07) is 1.83. The molecule has 2 rings (SSSR count). The molecule has 0 radical (unpaired) electrons. The molecule has 19 heavy (non-hydrogen) atoms. The van der Waals surface area contributed by atoms with Crippen LogP contribution in [0.3, 0.4) is 0 Å². The third-order valence-corrected chi connectivity index (χ3v) is 2.63. The molecule has 2 aromatic rings. The van der Waals surface area contributed by atoms with E-state index >= 15 is 0 Å². The molecule has 0 fully saturated rings. The molecule has 0 amide bonds. The number of aromatic nitrogens is 4. The van der Waals surface area contributed by atoms with Gasteiger partial charge in [-0.05, 0) is 0 Å². The Hall–Kier alpha value is -1.48. The van der Waals surface area contributed by atoms with Crippen molar-refractivity contribution < 1.29 is 13.2 Å². The molecule has 0 aromatic carbocycles. The van der Waals surface area contributed by atoms with Gasteiger partial charge >= 0.3 is 6.18 Å². The molecule has 0 aliphatic heterocycles. The summed E-state index contributed by atoms with van der Waals surface area (Å²) in [7, 11) is 0. The SMILES string of the molecule is O=c1cc(Cn2nc(C(F)(F)F)cc2Cl)nc(S)[nH]1. The predicted octanol–water partition coefficient (Wildman–Crippen LogP) is 1.98. The first-order chi connectivity index (χ1) is 8.75. The van der Waals surface area contributed by atoms with Crippen LogP contribution in [0.2, 0.25) is 5.15 Å². The minimum Gasteiger partial charge on any atom is -0.302 e. The maximum atomic E-state index is 12.4. The number of nitrogens with one attached hydrogen (secondary N) is 1. The van der Waals surface area contributed by atoms with Crippen LogP contribution in [0.15, 0.2) is 22.1 Å². The van der Waals surface area contributed by atoms with E-state index in [9.17, 15) is 18.0 Å². The van der Waals surface area contributed by atoms with Crippen LogP contribution in [0.4, 0.5) is 13.2 Å². The fourth-order valence-electron chi connectivity index (χ4n) is 1.37. The number of alkyl halides is 3.